The molecule has 0 bridgehead atoms. The van der Waals surface area contributed by atoms with Crippen molar-refractivity contribution < 1.29 is 19.4 Å². The lowest BCUT2D eigenvalue weighted by Gasteiger charge is -2.22. The monoisotopic (exact) mass is 508 g/mol. The van der Waals surface area contributed by atoms with E-state index >= 15 is 0 Å². The van der Waals surface area contributed by atoms with Crippen LogP contribution in [0.3, 0.4) is 0 Å². The molecule has 0 saturated heterocycles. The van der Waals surface area contributed by atoms with Gasteiger partial charge in [0.25, 0.3) is 5.91 Å². The van der Waals surface area contributed by atoms with Gasteiger partial charge in [0.05, 0.1) is 17.9 Å². The summed E-state index contributed by atoms with van der Waals surface area (Å²) in [6, 6.07) is 17.1. The zero-order valence-corrected chi connectivity index (χ0v) is 21.5. The Morgan fingerprint density at radius 1 is 1.05 bits per heavy atom. The van der Waals surface area contributed by atoms with Crippen molar-refractivity contribution in [3.05, 3.63) is 89.3 Å². The second-order valence-corrected chi connectivity index (χ2v) is 9.10. The molecular formula is C30H28N4O4. The molecule has 0 aliphatic carbocycles. The highest BCUT2D eigenvalue weighted by molar-refractivity contribution is 6.12. The summed E-state index contributed by atoms with van der Waals surface area (Å²) in [6.07, 6.45) is 5.73. The third-order valence-electron chi connectivity index (χ3n) is 6.69. The van der Waals surface area contributed by atoms with E-state index in [2.05, 4.69) is 9.97 Å². The van der Waals surface area contributed by atoms with Gasteiger partial charge in [0.2, 0.25) is 0 Å². The van der Waals surface area contributed by atoms with Crippen LogP contribution in [0.4, 0.5) is 17.3 Å². The fourth-order valence-corrected chi connectivity index (χ4v) is 4.68. The zero-order valence-electron chi connectivity index (χ0n) is 21.5. The van der Waals surface area contributed by atoms with Crippen LogP contribution in [0.2, 0.25) is 0 Å². The molecule has 0 unspecified atom stereocenters. The molecule has 3 heterocycles. The van der Waals surface area contributed by atoms with E-state index in [-0.39, 0.29) is 11.5 Å². The number of pyridine rings is 2. The minimum Gasteiger partial charge on any atom is -0.493 e. The van der Waals surface area contributed by atoms with Gasteiger partial charge in [-0.25, -0.2) is 14.8 Å². The summed E-state index contributed by atoms with van der Waals surface area (Å²) in [5, 5.41) is 11.1. The van der Waals surface area contributed by atoms with Gasteiger partial charge >= 0.3 is 5.97 Å². The van der Waals surface area contributed by atoms with Gasteiger partial charge in [-0.05, 0) is 60.7 Å². The predicted octanol–water partition coefficient (Wildman–Crippen LogP) is 5.49. The van der Waals surface area contributed by atoms with Crippen LogP contribution >= 0.6 is 0 Å². The van der Waals surface area contributed by atoms with Crippen LogP contribution in [0.25, 0.3) is 16.8 Å². The van der Waals surface area contributed by atoms with Gasteiger partial charge in [0.15, 0.2) is 5.82 Å². The number of carboxylic acid groups (broad SMARTS) is 1. The first-order chi connectivity index (χ1) is 18.4. The van der Waals surface area contributed by atoms with Crippen LogP contribution in [0.1, 0.15) is 35.3 Å². The molecule has 4 aromatic rings. The number of ether oxygens (including phenoxy) is 1. The maximum Gasteiger partial charge on any atom is 0.331 e. The smallest absolute Gasteiger partial charge is 0.331 e. The lowest BCUT2D eigenvalue weighted by atomic mass is 10.0. The summed E-state index contributed by atoms with van der Waals surface area (Å²) < 4.78 is 6.16. The van der Waals surface area contributed by atoms with Gasteiger partial charge in [-0.1, -0.05) is 30.3 Å². The number of aliphatic carboxylic acids is 1. The minimum atomic E-state index is -0.948. The Morgan fingerprint density at radius 3 is 2.61 bits per heavy atom. The lowest BCUT2D eigenvalue weighted by Crippen LogP contribution is -2.25. The van der Waals surface area contributed by atoms with Gasteiger partial charge in [-0.15, -0.1) is 0 Å². The Kier molecular flexibility index (Phi) is 6.79. The van der Waals surface area contributed by atoms with E-state index < -0.39 is 5.97 Å². The molecule has 0 radical (unpaired) electrons. The third kappa shape index (κ3) is 4.56. The van der Waals surface area contributed by atoms with Crippen molar-refractivity contribution in [1.29, 1.82) is 0 Å². The molecule has 1 N–H and O–H groups in total. The average Bonchev–Trinajstić information content (AvgIpc) is 3.02. The second-order valence-electron chi connectivity index (χ2n) is 9.10. The maximum absolute atomic E-state index is 13.4. The van der Waals surface area contributed by atoms with Crippen molar-refractivity contribution in [2.24, 2.45) is 0 Å². The largest absolute Gasteiger partial charge is 0.493 e. The summed E-state index contributed by atoms with van der Waals surface area (Å²) in [5.74, 6) is 0.931. The Labute approximate surface area is 220 Å². The van der Waals surface area contributed by atoms with Crippen LogP contribution in [0.15, 0.2) is 72.6 Å². The number of carbonyl (C=O) groups excluding carboxylic acids is 1. The Hall–Kier alpha value is -4.72. The van der Waals surface area contributed by atoms with Gasteiger partial charge in [-0.2, -0.15) is 0 Å². The first-order valence-corrected chi connectivity index (χ1v) is 12.4. The van der Waals surface area contributed by atoms with E-state index in [1.54, 1.807) is 37.3 Å². The number of hydrogen-bond donors (Lipinski definition) is 1. The quantitative estimate of drug-likeness (QED) is 0.330. The molecule has 0 fully saturated rings. The topological polar surface area (TPSA) is 95.9 Å². The van der Waals surface area contributed by atoms with E-state index in [0.29, 0.717) is 42.5 Å². The molecule has 5 rings (SSSR count). The van der Waals surface area contributed by atoms with Crippen LogP contribution in [-0.4, -0.2) is 47.2 Å². The molecule has 8 heteroatoms. The number of fused-ring (bicyclic) bond motifs is 3. The maximum atomic E-state index is 13.4. The van der Waals surface area contributed by atoms with Crippen molar-refractivity contribution in [1.82, 2.24) is 9.97 Å². The number of nitrogens with zero attached hydrogens (tertiary/aromatic N) is 4. The van der Waals surface area contributed by atoms with Crippen molar-refractivity contribution in [2.45, 2.75) is 20.3 Å². The summed E-state index contributed by atoms with van der Waals surface area (Å²) >= 11 is 0. The summed E-state index contributed by atoms with van der Waals surface area (Å²) in [6.45, 7) is 4.60. The molecule has 192 valence electrons. The van der Waals surface area contributed by atoms with Crippen molar-refractivity contribution in [2.75, 3.05) is 30.0 Å². The minimum absolute atomic E-state index is 0.133. The summed E-state index contributed by atoms with van der Waals surface area (Å²) in [4.78, 5) is 37.4. The molecule has 1 amide bonds. The van der Waals surface area contributed by atoms with Gasteiger partial charge in [-0.3, -0.25) is 4.79 Å². The molecule has 0 spiro atoms. The number of carbonyl (C=O) groups is 2. The molecule has 0 atom stereocenters. The molecule has 0 saturated carbocycles. The molecule has 2 aromatic carbocycles. The average molecular weight is 509 g/mol. The fraction of sp³-hybridized carbons (Fsp3) is 0.200. The predicted molar refractivity (Wildman–Crippen MR) is 148 cm³/mol. The summed E-state index contributed by atoms with van der Waals surface area (Å²) in [7, 11) is 1.75. The number of carboxylic acids is 1. The first-order valence-electron chi connectivity index (χ1n) is 12.4. The SMILES string of the molecule is CCN1c2ncc(CCOc3ccc(/C=C(\C)C(=O)O)c4ccccc34)cc2C(=O)N(C)c2cccnc21. The number of benzene rings is 2. The van der Waals surface area contributed by atoms with Crippen LogP contribution in [-0.2, 0) is 11.2 Å². The van der Waals surface area contributed by atoms with E-state index in [9.17, 15) is 14.7 Å². The van der Waals surface area contributed by atoms with Gasteiger partial charge < -0.3 is 19.6 Å². The molecule has 8 nitrogen and oxygen atoms in total. The molecule has 1 aliphatic heterocycles. The van der Waals surface area contributed by atoms with Crippen LogP contribution in [0, 0.1) is 0 Å². The normalized spacial score (nSPS) is 13.2. The molecule has 1 aliphatic rings. The molecule has 2 aromatic heterocycles. The van der Waals surface area contributed by atoms with E-state index in [0.717, 1.165) is 27.6 Å². The van der Waals surface area contributed by atoms with E-state index in [4.69, 9.17) is 4.74 Å². The van der Waals surface area contributed by atoms with Gasteiger partial charge in [0.1, 0.15) is 11.6 Å². The van der Waals surface area contributed by atoms with Gasteiger partial charge in [0, 0.05) is 43.4 Å². The number of hydrogen-bond acceptors (Lipinski definition) is 6. The fourth-order valence-electron chi connectivity index (χ4n) is 4.68. The zero-order chi connectivity index (χ0) is 26.8. The standard InChI is InChI=1S/C30H28N4O4/c1-4-34-27-24(29(35)33(3)25-10-7-14-31-28(25)34)17-20(18-32-27)13-15-38-26-12-11-21(16-19(2)30(36)37)22-8-5-6-9-23(22)26/h5-12,14,16-18H,4,13,15H2,1-3H3,(H,36,37)/b19-16+. The number of amides is 1. The highest BCUT2D eigenvalue weighted by Gasteiger charge is 2.30. The second kappa shape index (κ2) is 10.3. The van der Waals surface area contributed by atoms with Crippen molar-refractivity contribution in [3.63, 3.8) is 0 Å². The number of aromatic nitrogens is 2. The van der Waals surface area contributed by atoms with E-state index in [1.807, 2.05) is 66.4 Å². The summed E-state index contributed by atoms with van der Waals surface area (Å²) in [5.41, 5.74) is 3.24. The first kappa shape index (κ1) is 25.0. The Balaban J connectivity index is 1.39. The Bertz CT molecular complexity index is 1580. The highest BCUT2D eigenvalue weighted by atomic mass is 16.5. The van der Waals surface area contributed by atoms with Crippen molar-refractivity contribution >= 4 is 46.0 Å². The van der Waals surface area contributed by atoms with Crippen LogP contribution in [0.5, 0.6) is 5.75 Å². The third-order valence-corrected chi connectivity index (χ3v) is 6.69. The highest BCUT2D eigenvalue weighted by Crippen LogP contribution is 2.37. The molecular weight excluding hydrogens is 480 g/mol. The van der Waals surface area contributed by atoms with Crippen molar-refractivity contribution in [3.8, 4) is 5.75 Å². The number of anilines is 3. The van der Waals surface area contributed by atoms with E-state index in [1.165, 1.54) is 0 Å². The number of rotatable bonds is 7. The lowest BCUT2D eigenvalue weighted by molar-refractivity contribution is -0.132. The van der Waals surface area contributed by atoms with Crippen LogP contribution < -0.4 is 14.5 Å². The Morgan fingerprint density at radius 2 is 1.84 bits per heavy atom. The molecule has 38 heavy (non-hydrogen) atoms.